The van der Waals surface area contributed by atoms with Crippen molar-refractivity contribution < 1.29 is 22.3 Å². The number of likely N-dealkylation sites (N-methyl/N-ethyl adjacent to an activating group) is 1. The summed E-state index contributed by atoms with van der Waals surface area (Å²) in [5, 5.41) is 2.69. The lowest BCUT2D eigenvalue weighted by atomic mass is 10.2. The van der Waals surface area contributed by atoms with Crippen LogP contribution in [0.4, 0.5) is 4.39 Å². The van der Waals surface area contributed by atoms with E-state index in [1.54, 1.807) is 0 Å². The van der Waals surface area contributed by atoms with Crippen LogP contribution in [-0.2, 0) is 14.8 Å². The van der Waals surface area contributed by atoms with Crippen molar-refractivity contribution in [2.24, 2.45) is 0 Å². The third kappa shape index (κ3) is 6.61. The Morgan fingerprint density at radius 1 is 1.07 bits per heavy atom. The van der Waals surface area contributed by atoms with Gasteiger partial charge < -0.3 is 10.1 Å². The van der Waals surface area contributed by atoms with Gasteiger partial charge in [0.25, 0.3) is 0 Å². The Morgan fingerprint density at radius 2 is 1.71 bits per heavy atom. The second-order valence-electron chi connectivity index (χ2n) is 6.43. The van der Waals surface area contributed by atoms with Crippen LogP contribution in [-0.4, -0.2) is 45.4 Å². The molecule has 0 saturated carbocycles. The number of carbonyl (C=O) groups is 1. The first-order valence-electron chi connectivity index (χ1n) is 8.97. The van der Waals surface area contributed by atoms with E-state index in [-0.39, 0.29) is 11.4 Å². The zero-order valence-corrected chi connectivity index (χ0v) is 16.8. The van der Waals surface area contributed by atoms with Crippen LogP contribution >= 0.6 is 0 Å². The molecule has 0 saturated heterocycles. The van der Waals surface area contributed by atoms with Crippen molar-refractivity contribution >= 4 is 15.9 Å². The van der Waals surface area contributed by atoms with Crippen LogP contribution in [0.15, 0.2) is 53.4 Å². The van der Waals surface area contributed by atoms with Crippen LogP contribution < -0.4 is 10.1 Å². The molecule has 8 heteroatoms. The van der Waals surface area contributed by atoms with Gasteiger partial charge in [-0.3, -0.25) is 4.79 Å². The van der Waals surface area contributed by atoms with Gasteiger partial charge in [-0.1, -0.05) is 17.7 Å². The lowest BCUT2D eigenvalue weighted by Crippen LogP contribution is -2.38. The largest absolute Gasteiger partial charge is 0.494 e. The smallest absolute Gasteiger partial charge is 0.243 e. The topological polar surface area (TPSA) is 75.7 Å². The van der Waals surface area contributed by atoms with Crippen LogP contribution in [0.25, 0.3) is 0 Å². The summed E-state index contributed by atoms with van der Waals surface area (Å²) in [6, 6.07) is 12.3. The molecule has 0 aliphatic carbocycles. The second-order valence-corrected chi connectivity index (χ2v) is 8.48. The third-order valence-corrected chi connectivity index (χ3v) is 5.89. The molecule has 0 aliphatic heterocycles. The van der Waals surface area contributed by atoms with Gasteiger partial charge in [0.05, 0.1) is 18.0 Å². The quantitative estimate of drug-likeness (QED) is 0.614. The molecule has 28 heavy (non-hydrogen) atoms. The summed E-state index contributed by atoms with van der Waals surface area (Å²) < 4.78 is 44.2. The molecule has 2 rings (SSSR count). The van der Waals surface area contributed by atoms with E-state index in [2.05, 4.69) is 5.32 Å². The zero-order valence-electron chi connectivity index (χ0n) is 16.0. The van der Waals surface area contributed by atoms with E-state index in [1.807, 2.05) is 31.2 Å². The van der Waals surface area contributed by atoms with E-state index >= 15 is 0 Å². The SMILES string of the molecule is Cc1ccc(OCCCCNC(=O)CN(C)S(=O)(=O)c2ccc(F)cc2)cc1. The first-order chi connectivity index (χ1) is 13.3. The highest BCUT2D eigenvalue weighted by Crippen LogP contribution is 2.14. The number of carbonyl (C=O) groups excluding carboxylic acids is 1. The Bertz CT molecular complexity index is 868. The normalized spacial score (nSPS) is 11.4. The molecule has 0 spiro atoms. The number of rotatable bonds is 10. The summed E-state index contributed by atoms with van der Waals surface area (Å²) in [7, 11) is -2.52. The average Bonchev–Trinajstić information content (AvgIpc) is 2.66. The molecule has 0 fully saturated rings. The molecule has 0 bridgehead atoms. The van der Waals surface area contributed by atoms with Crippen molar-refractivity contribution in [1.82, 2.24) is 9.62 Å². The van der Waals surface area contributed by atoms with Crippen molar-refractivity contribution in [3.8, 4) is 5.75 Å². The Hall–Kier alpha value is -2.45. The molecule has 152 valence electrons. The maximum absolute atomic E-state index is 12.9. The second kappa shape index (κ2) is 10.2. The standard InChI is InChI=1S/C20H25FN2O4S/c1-16-5-9-18(10-6-16)27-14-4-3-13-22-20(24)15-23(2)28(25,26)19-11-7-17(21)8-12-19/h5-12H,3-4,13-15H2,1-2H3,(H,22,24). The Morgan fingerprint density at radius 3 is 2.36 bits per heavy atom. The third-order valence-electron chi connectivity index (χ3n) is 4.07. The average molecular weight is 408 g/mol. The number of amides is 1. The lowest BCUT2D eigenvalue weighted by molar-refractivity contribution is -0.121. The van der Waals surface area contributed by atoms with Gasteiger partial charge in [-0.05, 0) is 56.2 Å². The summed E-state index contributed by atoms with van der Waals surface area (Å²) in [4.78, 5) is 11.9. The number of sulfonamides is 1. The number of nitrogens with zero attached hydrogens (tertiary/aromatic N) is 1. The maximum atomic E-state index is 12.9. The van der Waals surface area contributed by atoms with E-state index < -0.39 is 21.7 Å². The molecule has 2 aromatic carbocycles. The number of aryl methyl sites for hydroxylation is 1. The first-order valence-corrected chi connectivity index (χ1v) is 10.4. The molecule has 0 atom stereocenters. The van der Waals surface area contributed by atoms with Gasteiger partial charge in [0.15, 0.2) is 0 Å². The fourth-order valence-electron chi connectivity index (χ4n) is 2.41. The zero-order chi connectivity index (χ0) is 20.6. The van der Waals surface area contributed by atoms with Gasteiger partial charge in [-0.2, -0.15) is 4.31 Å². The number of unbranched alkanes of at least 4 members (excludes halogenated alkanes) is 1. The molecule has 0 unspecified atom stereocenters. The van der Waals surface area contributed by atoms with Crippen molar-refractivity contribution in [2.45, 2.75) is 24.7 Å². The molecule has 6 nitrogen and oxygen atoms in total. The van der Waals surface area contributed by atoms with Crippen molar-refractivity contribution in [2.75, 3.05) is 26.7 Å². The fraction of sp³-hybridized carbons (Fsp3) is 0.350. The number of nitrogens with one attached hydrogen (secondary N) is 1. The molecular formula is C20H25FN2O4S. The maximum Gasteiger partial charge on any atom is 0.243 e. The number of benzene rings is 2. The number of hydrogen-bond donors (Lipinski definition) is 1. The Balaban J connectivity index is 1.67. The van der Waals surface area contributed by atoms with Gasteiger partial charge in [-0.25, -0.2) is 12.8 Å². The van der Waals surface area contributed by atoms with Gasteiger partial charge >= 0.3 is 0 Å². The summed E-state index contributed by atoms with van der Waals surface area (Å²) in [6.07, 6.45) is 1.48. The Kier molecular flexibility index (Phi) is 7.95. The fourth-order valence-corrected chi connectivity index (χ4v) is 3.54. The van der Waals surface area contributed by atoms with Crippen LogP contribution in [0.3, 0.4) is 0 Å². The molecule has 1 amide bonds. The van der Waals surface area contributed by atoms with Crippen LogP contribution in [0, 0.1) is 12.7 Å². The molecule has 0 aliphatic rings. The molecule has 1 N–H and O–H groups in total. The van der Waals surface area contributed by atoms with Gasteiger partial charge in [-0.15, -0.1) is 0 Å². The highest BCUT2D eigenvalue weighted by molar-refractivity contribution is 7.89. The summed E-state index contributed by atoms with van der Waals surface area (Å²) in [6.45, 7) is 2.67. The predicted octanol–water partition coefficient (Wildman–Crippen LogP) is 2.73. The minimum Gasteiger partial charge on any atom is -0.494 e. The first kappa shape index (κ1) is 21.8. The van der Waals surface area contributed by atoms with Crippen LogP contribution in [0.5, 0.6) is 5.75 Å². The lowest BCUT2D eigenvalue weighted by Gasteiger charge is -2.17. The summed E-state index contributed by atoms with van der Waals surface area (Å²) >= 11 is 0. The van der Waals surface area contributed by atoms with E-state index in [1.165, 1.54) is 24.7 Å². The molecule has 2 aromatic rings. The molecule has 0 aromatic heterocycles. The van der Waals surface area contributed by atoms with Crippen molar-refractivity contribution in [3.05, 3.63) is 59.9 Å². The van der Waals surface area contributed by atoms with E-state index in [9.17, 15) is 17.6 Å². The van der Waals surface area contributed by atoms with Gasteiger partial charge in [0, 0.05) is 13.6 Å². The van der Waals surface area contributed by atoms with E-state index in [4.69, 9.17) is 4.74 Å². The minimum atomic E-state index is -3.84. The van der Waals surface area contributed by atoms with Gasteiger partial charge in [0.1, 0.15) is 11.6 Å². The summed E-state index contributed by atoms with van der Waals surface area (Å²) in [5.41, 5.74) is 1.17. The van der Waals surface area contributed by atoms with Crippen LogP contribution in [0.1, 0.15) is 18.4 Å². The molecule has 0 heterocycles. The number of hydrogen-bond acceptors (Lipinski definition) is 4. The highest BCUT2D eigenvalue weighted by Gasteiger charge is 2.22. The molecular weight excluding hydrogens is 383 g/mol. The molecule has 0 radical (unpaired) electrons. The predicted molar refractivity (Wildman–Crippen MR) is 105 cm³/mol. The van der Waals surface area contributed by atoms with Crippen molar-refractivity contribution in [3.63, 3.8) is 0 Å². The monoisotopic (exact) mass is 408 g/mol. The summed E-state index contributed by atoms with van der Waals surface area (Å²) in [5.74, 6) is -0.111. The van der Waals surface area contributed by atoms with Crippen LogP contribution in [0.2, 0.25) is 0 Å². The Labute approximate surface area is 165 Å². The van der Waals surface area contributed by atoms with E-state index in [0.29, 0.717) is 19.6 Å². The van der Waals surface area contributed by atoms with E-state index in [0.717, 1.165) is 28.6 Å². The highest BCUT2D eigenvalue weighted by atomic mass is 32.2. The van der Waals surface area contributed by atoms with Gasteiger partial charge in [0.2, 0.25) is 15.9 Å². The van der Waals surface area contributed by atoms with Crippen molar-refractivity contribution in [1.29, 1.82) is 0 Å². The number of halogens is 1. The minimum absolute atomic E-state index is 0.0579. The number of ether oxygens (including phenoxy) is 1.